The lowest BCUT2D eigenvalue weighted by molar-refractivity contribution is 0.0876. The van der Waals surface area contributed by atoms with E-state index in [0.717, 1.165) is 54.3 Å². The normalized spacial score (nSPS) is 20.1. The highest BCUT2D eigenvalue weighted by molar-refractivity contribution is 5.78. The minimum Gasteiger partial charge on any atom is -0.497 e. The molecule has 0 radical (unpaired) electrons. The van der Waals surface area contributed by atoms with Gasteiger partial charge in [-0.1, -0.05) is 26.0 Å². The second-order valence-electron chi connectivity index (χ2n) is 8.14. The predicted octanol–water partition coefficient (Wildman–Crippen LogP) is 3.59. The van der Waals surface area contributed by atoms with E-state index in [4.69, 9.17) is 15.5 Å². The van der Waals surface area contributed by atoms with Crippen molar-refractivity contribution in [1.82, 2.24) is 14.5 Å². The highest BCUT2D eigenvalue weighted by Crippen LogP contribution is 2.30. The van der Waals surface area contributed by atoms with Gasteiger partial charge in [0, 0.05) is 24.8 Å². The highest BCUT2D eigenvalue weighted by atomic mass is 16.5. The summed E-state index contributed by atoms with van der Waals surface area (Å²) in [4.78, 5) is 7.43. The van der Waals surface area contributed by atoms with Crippen molar-refractivity contribution in [1.29, 1.82) is 0 Å². The van der Waals surface area contributed by atoms with E-state index in [0.29, 0.717) is 0 Å². The fourth-order valence-corrected chi connectivity index (χ4v) is 4.02. The summed E-state index contributed by atoms with van der Waals surface area (Å²) in [5, 5.41) is 0. The number of piperidine rings is 1. The van der Waals surface area contributed by atoms with Crippen LogP contribution in [-0.2, 0) is 6.54 Å². The number of nitrogens with two attached hydrogens (primary N) is 1. The van der Waals surface area contributed by atoms with Crippen LogP contribution in [0.3, 0.4) is 0 Å². The smallest absolute Gasteiger partial charge is 0.128 e. The molecule has 0 aliphatic carbocycles. The molecule has 2 aromatic carbocycles. The highest BCUT2D eigenvalue weighted by Gasteiger charge is 2.33. The van der Waals surface area contributed by atoms with Crippen molar-refractivity contribution < 1.29 is 4.74 Å². The zero-order valence-corrected chi connectivity index (χ0v) is 16.4. The number of nitrogens with zero attached hydrogens (tertiary/aromatic N) is 3. The molecule has 1 aliphatic heterocycles. The van der Waals surface area contributed by atoms with Crippen LogP contribution < -0.4 is 10.5 Å². The van der Waals surface area contributed by atoms with Crippen molar-refractivity contribution in [3.05, 3.63) is 54.4 Å². The lowest BCUT2D eigenvalue weighted by Crippen LogP contribution is -2.52. The molecule has 2 N–H and O–H groups in total. The van der Waals surface area contributed by atoms with Gasteiger partial charge in [0.1, 0.15) is 11.6 Å². The Morgan fingerprint density at radius 3 is 2.59 bits per heavy atom. The zero-order chi connectivity index (χ0) is 19.0. The Kier molecular flexibility index (Phi) is 4.66. The van der Waals surface area contributed by atoms with Crippen molar-refractivity contribution in [2.75, 3.05) is 20.2 Å². The molecule has 1 saturated heterocycles. The van der Waals surface area contributed by atoms with E-state index in [9.17, 15) is 0 Å². The van der Waals surface area contributed by atoms with Crippen molar-refractivity contribution in [2.45, 2.75) is 32.9 Å². The molecule has 5 heteroatoms. The Balaban J connectivity index is 1.72. The van der Waals surface area contributed by atoms with Gasteiger partial charge < -0.3 is 10.5 Å². The van der Waals surface area contributed by atoms with Gasteiger partial charge >= 0.3 is 0 Å². The van der Waals surface area contributed by atoms with Gasteiger partial charge in [-0.15, -0.1) is 0 Å². The first kappa shape index (κ1) is 18.0. The third-order valence-corrected chi connectivity index (χ3v) is 5.72. The van der Waals surface area contributed by atoms with Gasteiger partial charge in [0.05, 0.1) is 24.7 Å². The van der Waals surface area contributed by atoms with Gasteiger partial charge in [0.15, 0.2) is 0 Å². The number of likely N-dealkylation sites (tertiary alicyclic amines) is 1. The quantitative estimate of drug-likeness (QED) is 0.769. The number of hydrogen-bond acceptors (Lipinski definition) is 4. The van der Waals surface area contributed by atoms with Crippen LogP contribution in [0.2, 0.25) is 0 Å². The van der Waals surface area contributed by atoms with Crippen molar-refractivity contribution in [3.63, 3.8) is 0 Å². The van der Waals surface area contributed by atoms with Crippen LogP contribution in [0.1, 0.15) is 26.1 Å². The van der Waals surface area contributed by atoms with Gasteiger partial charge in [0.2, 0.25) is 0 Å². The van der Waals surface area contributed by atoms with Crippen LogP contribution in [-0.4, -0.2) is 40.7 Å². The zero-order valence-electron chi connectivity index (χ0n) is 16.4. The molecular formula is C22H28N4O. The third-order valence-electron chi connectivity index (χ3n) is 5.72. The average molecular weight is 364 g/mol. The minimum absolute atomic E-state index is 0.120. The summed E-state index contributed by atoms with van der Waals surface area (Å²) in [6.45, 7) is 7.33. The number of benzene rings is 2. The monoisotopic (exact) mass is 364 g/mol. The SMILES string of the molecule is COc1ccc(-n2c(CN3CCC(N)C(C)(C)C3)nc3ccccc32)cc1. The van der Waals surface area contributed by atoms with E-state index in [1.54, 1.807) is 7.11 Å². The summed E-state index contributed by atoms with van der Waals surface area (Å²) in [5.41, 5.74) is 9.70. The maximum absolute atomic E-state index is 6.32. The van der Waals surface area contributed by atoms with Gasteiger partial charge in [-0.3, -0.25) is 9.47 Å². The lowest BCUT2D eigenvalue weighted by atomic mass is 9.80. The summed E-state index contributed by atoms with van der Waals surface area (Å²) in [6, 6.07) is 16.7. The van der Waals surface area contributed by atoms with Crippen LogP contribution in [0.15, 0.2) is 48.5 Å². The van der Waals surface area contributed by atoms with Crippen LogP contribution in [0.4, 0.5) is 0 Å². The van der Waals surface area contributed by atoms with Crippen LogP contribution >= 0.6 is 0 Å². The van der Waals surface area contributed by atoms with E-state index in [1.807, 2.05) is 18.2 Å². The molecule has 27 heavy (non-hydrogen) atoms. The fraction of sp³-hybridized carbons (Fsp3) is 0.409. The van der Waals surface area contributed by atoms with E-state index >= 15 is 0 Å². The van der Waals surface area contributed by atoms with Crippen molar-refractivity contribution >= 4 is 11.0 Å². The number of para-hydroxylation sites is 2. The molecular weight excluding hydrogens is 336 g/mol. The number of fused-ring (bicyclic) bond motifs is 1. The van der Waals surface area contributed by atoms with Crippen LogP contribution in [0.5, 0.6) is 5.75 Å². The Hall–Kier alpha value is -2.37. The summed E-state index contributed by atoms with van der Waals surface area (Å²) < 4.78 is 7.57. The first-order chi connectivity index (χ1) is 13.0. The Bertz CT molecular complexity index is 929. The molecule has 4 rings (SSSR count). The maximum atomic E-state index is 6.32. The molecule has 1 unspecified atom stereocenters. The molecule has 0 bridgehead atoms. The summed E-state index contributed by atoms with van der Waals surface area (Å²) in [5.74, 6) is 1.92. The average Bonchev–Trinajstić information content (AvgIpc) is 3.02. The number of hydrogen-bond donors (Lipinski definition) is 1. The molecule has 1 fully saturated rings. The second kappa shape index (κ2) is 6.98. The summed E-state index contributed by atoms with van der Waals surface area (Å²) >= 11 is 0. The van der Waals surface area contributed by atoms with Gasteiger partial charge in [-0.05, 0) is 48.2 Å². The molecule has 0 saturated carbocycles. The van der Waals surface area contributed by atoms with Gasteiger partial charge in [-0.2, -0.15) is 0 Å². The standard InChI is InChI=1S/C22H28N4O/c1-22(2)15-25(13-12-20(22)23)14-21-24-18-6-4-5-7-19(18)26(21)16-8-10-17(27-3)11-9-16/h4-11,20H,12-15,23H2,1-3H3. The number of imidazole rings is 1. The topological polar surface area (TPSA) is 56.3 Å². The number of ether oxygens (including phenoxy) is 1. The first-order valence-electron chi connectivity index (χ1n) is 9.57. The molecule has 2 heterocycles. The number of rotatable bonds is 4. The van der Waals surface area contributed by atoms with Gasteiger partial charge in [0.25, 0.3) is 0 Å². The van der Waals surface area contributed by atoms with Crippen LogP contribution in [0.25, 0.3) is 16.7 Å². The number of aromatic nitrogens is 2. The second-order valence-corrected chi connectivity index (χ2v) is 8.14. The van der Waals surface area contributed by atoms with Crippen LogP contribution in [0, 0.1) is 5.41 Å². The lowest BCUT2D eigenvalue weighted by Gasteiger charge is -2.42. The predicted molar refractivity (Wildman–Crippen MR) is 109 cm³/mol. The van der Waals surface area contributed by atoms with Gasteiger partial charge in [-0.25, -0.2) is 4.98 Å². The van der Waals surface area contributed by atoms with Crippen molar-refractivity contribution in [2.24, 2.45) is 11.1 Å². The summed E-state index contributed by atoms with van der Waals surface area (Å²) in [7, 11) is 1.69. The molecule has 5 nitrogen and oxygen atoms in total. The number of methoxy groups -OCH3 is 1. The van der Waals surface area contributed by atoms with Crippen molar-refractivity contribution in [3.8, 4) is 11.4 Å². The van der Waals surface area contributed by atoms with E-state index in [1.165, 1.54) is 0 Å². The largest absolute Gasteiger partial charge is 0.497 e. The molecule has 3 aromatic rings. The Labute approximate surface area is 160 Å². The molecule has 0 amide bonds. The minimum atomic E-state index is 0.120. The van der Waals surface area contributed by atoms with E-state index < -0.39 is 0 Å². The molecule has 1 atom stereocenters. The molecule has 142 valence electrons. The Morgan fingerprint density at radius 2 is 1.89 bits per heavy atom. The molecule has 1 aliphatic rings. The Morgan fingerprint density at radius 1 is 1.15 bits per heavy atom. The summed E-state index contributed by atoms with van der Waals surface area (Å²) in [6.07, 6.45) is 1.02. The fourth-order valence-electron chi connectivity index (χ4n) is 4.02. The third kappa shape index (κ3) is 3.45. The first-order valence-corrected chi connectivity index (χ1v) is 9.57. The maximum Gasteiger partial charge on any atom is 0.128 e. The van der Waals surface area contributed by atoms with E-state index in [-0.39, 0.29) is 11.5 Å². The van der Waals surface area contributed by atoms with E-state index in [2.05, 4.69) is 53.6 Å². The molecule has 0 spiro atoms. The molecule has 1 aromatic heterocycles.